The highest BCUT2D eigenvalue weighted by molar-refractivity contribution is 5.92. The van der Waals surface area contributed by atoms with E-state index in [4.69, 9.17) is 4.74 Å². The van der Waals surface area contributed by atoms with Gasteiger partial charge in [0.2, 0.25) is 5.91 Å². The molecule has 5 atom stereocenters. The molecule has 0 radical (unpaired) electrons. The van der Waals surface area contributed by atoms with Crippen LogP contribution in [0.25, 0.3) is 6.08 Å². The standard InChI is InChI=1S/C28H29F3N2O3/c1-32-14-13-26-24-18-6-4-8-21(24)36-25(26)20(11-12-27(26,35)22(32)16-18)33(2)23(34)10-9-17-5-3-7-19(15-17)28(29,30)31/h3-10,15,20,22,25,35H,11-14,16H2,1-2H3/b10-9+/t20?,22-,25?,26+,27-/m1/s1. The van der Waals surface area contributed by atoms with Gasteiger partial charge in [-0.3, -0.25) is 4.79 Å². The number of nitrogens with zero attached hydrogens (tertiary/aromatic N) is 2. The molecule has 1 amide bonds. The monoisotopic (exact) mass is 498 g/mol. The third-order valence-electron chi connectivity index (χ3n) is 9.07. The van der Waals surface area contributed by atoms with E-state index in [1.165, 1.54) is 29.8 Å². The van der Waals surface area contributed by atoms with Gasteiger partial charge in [-0.15, -0.1) is 0 Å². The molecule has 1 N–H and O–H groups in total. The summed E-state index contributed by atoms with van der Waals surface area (Å²) < 4.78 is 45.7. The van der Waals surface area contributed by atoms with Gasteiger partial charge >= 0.3 is 6.18 Å². The smallest absolute Gasteiger partial charge is 0.416 e. The summed E-state index contributed by atoms with van der Waals surface area (Å²) in [5.74, 6) is 0.491. The minimum Gasteiger partial charge on any atom is -0.487 e. The summed E-state index contributed by atoms with van der Waals surface area (Å²) in [6.07, 6.45) is 0.546. The van der Waals surface area contributed by atoms with Gasteiger partial charge in [0.15, 0.2) is 0 Å². The predicted molar refractivity (Wildman–Crippen MR) is 128 cm³/mol. The average molecular weight is 499 g/mol. The highest BCUT2D eigenvalue weighted by atomic mass is 19.4. The maximum atomic E-state index is 13.2. The molecule has 2 aromatic carbocycles. The molecule has 5 nitrogen and oxygen atoms in total. The molecule has 1 spiro atoms. The third kappa shape index (κ3) is 3.13. The van der Waals surface area contributed by atoms with Gasteiger partial charge in [-0.2, -0.15) is 13.2 Å². The van der Waals surface area contributed by atoms with Gasteiger partial charge in [-0.25, -0.2) is 0 Å². The summed E-state index contributed by atoms with van der Waals surface area (Å²) in [6.45, 7) is 0.834. The van der Waals surface area contributed by atoms with Gasteiger partial charge in [-0.1, -0.05) is 24.3 Å². The van der Waals surface area contributed by atoms with Crippen molar-refractivity contribution in [1.82, 2.24) is 9.80 Å². The lowest BCUT2D eigenvalue weighted by Gasteiger charge is -2.64. The number of halogens is 3. The molecule has 8 heteroatoms. The van der Waals surface area contributed by atoms with E-state index in [2.05, 4.69) is 18.0 Å². The number of aliphatic hydroxyl groups is 1. The number of carbonyl (C=O) groups is 1. The van der Waals surface area contributed by atoms with Crippen LogP contribution in [-0.2, 0) is 22.8 Å². The number of likely N-dealkylation sites (N-methyl/N-ethyl adjacent to an activating group) is 2. The largest absolute Gasteiger partial charge is 0.487 e. The summed E-state index contributed by atoms with van der Waals surface area (Å²) in [4.78, 5) is 17.1. The second kappa shape index (κ2) is 7.83. The van der Waals surface area contributed by atoms with Gasteiger partial charge in [0, 0.05) is 24.7 Å². The van der Waals surface area contributed by atoms with Crippen molar-refractivity contribution in [3.8, 4) is 5.75 Å². The predicted octanol–water partition coefficient (Wildman–Crippen LogP) is 4.03. The minimum absolute atomic E-state index is 0.0130. The number of alkyl halides is 3. The van der Waals surface area contributed by atoms with Crippen molar-refractivity contribution in [1.29, 1.82) is 0 Å². The van der Waals surface area contributed by atoms with Crippen LogP contribution in [0, 0.1) is 0 Å². The second-order valence-electron chi connectivity index (χ2n) is 10.7. The molecule has 2 aliphatic heterocycles. The molecule has 0 aromatic heterocycles. The first-order valence-electron chi connectivity index (χ1n) is 12.4. The normalized spacial score (nSPS) is 32.8. The van der Waals surface area contributed by atoms with Crippen molar-refractivity contribution < 1.29 is 27.8 Å². The van der Waals surface area contributed by atoms with E-state index in [-0.39, 0.29) is 24.1 Å². The van der Waals surface area contributed by atoms with Crippen LogP contribution < -0.4 is 4.74 Å². The van der Waals surface area contributed by atoms with Crippen molar-refractivity contribution in [2.45, 2.75) is 61.1 Å². The van der Waals surface area contributed by atoms with Crippen LogP contribution in [0.3, 0.4) is 0 Å². The number of hydrogen-bond donors (Lipinski definition) is 1. The van der Waals surface area contributed by atoms with Crippen molar-refractivity contribution in [3.63, 3.8) is 0 Å². The molecule has 2 unspecified atom stereocenters. The fourth-order valence-corrected chi connectivity index (χ4v) is 7.36. The molecule has 2 fully saturated rings. The van der Waals surface area contributed by atoms with Crippen molar-refractivity contribution in [2.75, 3.05) is 20.6 Å². The Morgan fingerprint density at radius 2 is 2.00 bits per heavy atom. The van der Waals surface area contributed by atoms with E-state index >= 15 is 0 Å². The van der Waals surface area contributed by atoms with E-state index < -0.39 is 22.8 Å². The lowest BCUT2D eigenvalue weighted by atomic mass is 9.48. The Bertz CT molecular complexity index is 1260. The van der Waals surface area contributed by atoms with Gasteiger partial charge in [0.1, 0.15) is 11.9 Å². The Hall–Kier alpha value is -2.84. The minimum atomic E-state index is -4.44. The summed E-state index contributed by atoms with van der Waals surface area (Å²) in [6, 6.07) is 10.7. The molecular weight excluding hydrogens is 469 g/mol. The number of hydrogen-bond acceptors (Lipinski definition) is 4. The van der Waals surface area contributed by atoms with Crippen LogP contribution in [-0.4, -0.2) is 65.2 Å². The second-order valence-corrected chi connectivity index (χ2v) is 10.7. The van der Waals surface area contributed by atoms with Gasteiger partial charge in [0.25, 0.3) is 0 Å². The Labute approximate surface area is 208 Å². The summed E-state index contributed by atoms with van der Waals surface area (Å²) >= 11 is 0. The summed E-state index contributed by atoms with van der Waals surface area (Å²) in [5, 5.41) is 12.2. The number of piperidine rings is 1. The number of ether oxygens (including phenoxy) is 1. The SMILES string of the molecule is CN(C(=O)/C=C/c1cccc(C(F)(F)F)c1)C1CC[C@@]2(O)[C@H]3Cc4cccc5c4[C@@]2(CCN3C)C1O5. The van der Waals surface area contributed by atoms with Gasteiger partial charge < -0.3 is 19.6 Å². The zero-order valence-electron chi connectivity index (χ0n) is 20.3. The first-order chi connectivity index (χ1) is 17.1. The zero-order valence-corrected chi connectivity index (χ0v) is 20.3. The first kappa shape index (κ1) is 23.6. The maximum absolute atomic E-state index is 13.2. The molecule has 36 heavy (non-hydrogen) atoms. The fourth-order valence-electron chi connectivity index (χ4n) is 7.36. The molecule has 190 valence electrons. The van der Waals surface area contributed by atoms with Crippen molar-refractivity contribution >= 4 is 12.0 Å². The average Bonchev–Trinajstić information content (AvgIpc) is 3.19. The topological polar surface area (TPSA) is 53.0 Å². The van der Waals surface area contributed by atoms with Crippen LogP contribution >= 0.6 is 0 Å². The number of amides is 1. The Morgan fingerprint density at radius 3 is 2.78 bits per heavy atom. The van der Waals surface area contributed by atoms with Crippen molar-refractivity contribution in [3.05, 3.63) is 70.8 Å². The van der Waals surface area contributed by atoms with E-state index in [0.29, 0.717) is 18.4 Å². The number of benzene rings is 2. The van der Waals surface area contributed by atoms with Crippen LogP contribution in [0.15, 0.2) is 48.5 Å². The van der Waals surface area contributed by atoms with Crippen LogP contribution in [0.4, 0.5) is 13.2 Å². The number of carbonyl (C=O) groups excluding carboxylic acids is 1. The summed E-state index contributed by atoms with van der Waals surface area (Å²) in [5.41, 5.74) is 0.331. The molecule has 2 aromatic rings. The Morgan fingerprint density at radius 1 is 1.22 bits per heavy atom. The van der Waals surface area contributed by atoms with Gasteiger partial charge in [0.05, 0.1) is 22.6 Å². The van der Waals surface area contributed by atoms with E-state index in [1.54, 1.807) is 11.9 Å². The highest BCUT2D eigenvalue weighted by Gasteiger charge is 2.72. The molecule has 2 aliphatic carbocycles. The fraction of sp³-hybridized carbons (Fsp3) is 0.464. The third-order valence-corrected chi connectivity index (χ3v) is 9.07. The molecule has 4 aliphatic rings. The van der Waals surface area contributed by atoms with Crippen LogP contribution in [0.5, 0.6) is 5.75 Å². The first-order valence-corrected chi connectivity index (χ1v) is 12.4. The molecular formula is C28H29F3N2O3. The van der Waals surface area contributed by atoms with Crippen LogP contribution in [0.2, 0.25) is 0 Å². The van der Waals surface area contributed by atoms with E-state index in [9.17, 15) is 23.1 Å². The number of likely N-dealkylation sites (tertiary alicyclic amines) is 1. The molecule has 1 saturated heterocycles. The molecule has 2 bridgehead atoms. The molecule has 6 rings (SSSR count). The lowest BCUT2D eigenvalue weighted by molar-refractivity contribution is -0.195. The highest BCUT2D eigenvalue weighted by Crippen LogP contribution is 2.64. The van der Waals surface area contributed by atoms with Gasteiger partial charge in [-0.05, 0) is 74.7 Å². The quantitative estimate of drug-likeness (QED) is 0.650. The van der Waals surface area contributed by atoms with E-state index in [0.717, 1.165) is 42.8 Å². The number of rotatable bonds is 3. The zero-order chi connectivity index (χ0) is 25.5. The molecule has 1 saturated carbocycles. The Balaban J connectivity index is 1.31. The molecule has 2 heterocycles. The maximum Gasteiger partial charge on any atom is 0.416 e. The lowest BCUT2D eigenvalue weighted by Crippen LogP contribution is -2.77. The van der Waals surface area contributed by atoms with Crippen LogP contribution in [0.1, 0.15) is 41.5 Å². The summed E-state index contributed by atoms with van der Waals surface area (Å²) in [7, 11) is 3.78. The Kier molecular flexibility index (Phi) is 5.12. The van der Waals surface area contributed by atoms with E-state index in [1.807, 2.05) is 12.1 Å². The van der Waals surface area contributed by atoms with Crippen molar-refractivity contribution in [2.24, 2.45) is 0 Å².